The number of thiophene rings is 1. The summed E-state index contributed by atoms with van der Waals surface area (Å²) in [7, 11) is -3.39. The lowest BCUT2D eigenvalue weighted by Gasteiger charge is -2.42. The quantitative estimate of drug-likeness (QED) is 0.807. The number of hydrogen-bond donors (Lipinski definition) is 0. The van der Waals surface area contributed by atoms with Gasteiger partial charge >= 0.3 is 0 Å². The van der Waals surface area contributed by atoms with Crippen LogP contribution in [0.4, 0.5) is 0 Å². The van der Waals surface area contributed by atoms with E-state index in [1.165, 1.54) is 15.6 Å². The number of rotatable bonds is 4. The number of sulfonamides is 1. The first-order valence-corrected chi connectivity index (χ1v) is 10.5. The van der Waals surface area contributed by atoms with E-state index in [1.54, 1.807) is 12.1 Å². The Balaban J connectivity index is 1.71. The highest BCUT2D eigenvalue weighted by Gasteiger charge is 2.34. The maximum atomic E-state index is 12.6. The highest BCUT2D eigenvalue weighted by molar-refractivity contribution is 7.91. The molecule has 134 valence electrons. The summed E-state index contributed by atoms with van der Waals surface area (Å²) in [6.45, 7) is 6.82. The van der Waals surface area contributed by atoms with Gasteiger partial charge in [0, 0.05) is 24.5 Å². The summed E-state index contributed by atoms with van der Waals surface area (Å²) in [4.78, 5) is 15.2. The van der Waals surface area contributed by atoms with Gasteiger partial charge in [-0.2, -0.15) is 4.31 Å². The molecule has 0 spiro atoms. The van der Waals surface area contributed by atoms with E-state index in [0.29, 0.717) is 37.1 Å². The molecule has 3 heterocycles. The molecule has 2 aliphatic rings. The predicted octanol–water partition coefficient (Wildman–Crippen LogP) is 1.71. The van der Waals surface area contributed by atoms with Crippen LogP contribution in [0.15, 0.2) is 16.3 Å². The van der Waals surface area contributed by atoms with Crippen LogP contribution in [0.25, 0.3) is 0 Å². The van der Waals surface area contributed by atoms with Gasteiger partial charge in [0.2, 0.25) is 5.91 Å². The molecule has 6 nitrogen and oxygen atoms in total. The first-order chi connectivity index (χ1) is 11.3. The lowest BCUT2D eigenvalue weighted by atomic mass is 10.0. The Labute approximate surface area is 147 Å². The molecular weight excluding hydrogens is 348 g/mol. The van der Waals surface area contributed by atoms with Crippen LogP contribution in [0.2, 0.25) is 0 Å². The summed E-state index contributed by atoms with van der Waals surface area (Å²) in [6.07, 6.45) is 2.08. The van der Waals surface area contributed by atoms with Gasteiger partial charge in [-0.15, -0.1) is 11.3 Å². The predicted molar refractivity (Wildman–Crippen MR) is 92.6 cm³/mol. The molecule has 0 aromatic carbocycles. The number of carbonyl (C=O) groups is 1. The minimum absolute atomic E-state index is 0.0234. The van der Waals surface area contributed by atoms with Gasteiger partial charge in [0.25, 0.3) is 10.0 Å². The number of amides is 1. The molecule has 0 atom stereocenters. The summed E-state index contributed by atoms with van der Waals surface area (Å²) in [5.74, 6) is 0.0234. The fourth-order valence-electron chi connectivity index (χ4n) is 3.21. The Bertz CT molecular complexity index is 705. The molecule has 2 saturated heterocycles. The van der Waals surface area contributed by atoms with Crippen molar-refractivity contribution in [2.24, 2.45) is 0 Å². The molecule has 0 radical (unpaired) electrons. The maximum absolute atomic E-state index is 12.6. The highest BCUT2D eigenvalue weighted by atomic mass is 32.2. The van der Waals surface area contributed by atoms with Crippen molar-refractivity contribution in [3.05, 3.63) is 17.0 Å². The third-order valence-electron chi connectivity index (χ3n) is 4.57. The minimum atomic E-state index is -3.39. The number of hydrogen-bond acceptors (Lipinski definition) is 5. The van der Waals surface area contributed by atoms with Gasteiger partial charge in [-0.05, 0) is 38.8 Å². The zero-order chi connectivity index (χ0) is 17.4. The Morgan fingerprint density at radius 3 is 2.62 bits per heavy atom. The van der Waals surface area contributed by atoms with Gasteiger partial charge in [-0.1, -0.05) is 0 Å². The molecular formula is C16H24N2O4S2. The van der Waals surface area contributed by atoms with Crippen LogP contribution in [0.5, 0.6) is 0 Å². The fraction of sp³-hybridized carbons (Fsp3) is 0.688. The van der Waals surface area contributed by atoms with E-state index in [4.69, 9.17) is 4.74 Å². The van der Waals surface area contributed by atoms with Crippen LogP contribution in [0.3, 0.4) is 0 Å². The molecule has 0 N–H and O–H groups in total. The van der Waals surface area contributed by atoms with Gasteiger partial charge in [0.1, 0.15) is 4.21 Å². The Kier molecular flexibility index (Phi) is 5.01. The SMILES string of the molecule is CC1(C)COCCN1C(=O)Cc1ccc(S(=O)(=O)N2CCCC2)s1. The second-order valence-electron chi connectivity index (χ2n) is 6.92. The minimum Gasteiger partial charge on any atom is -0.377 e. The number of morpholine rings is 1. The molecule has 2 aliphatic heterocycles. The van der Waals surface area contributed by atoms with Crippen LogP contribution in [-0.4, -0.2) is 61.9 Å². The van der Waals surface area contributed by atoms with Crippen molar-refractivity contribution < 1.29 is 17.9 Å². The molecule has 0 bridgehead atoms. The van der Waals surface area contributed by atoms with E-state index in [1.807, 2.05) is 18.7 Å². The van der Waals surface area contributed by atoms with E-state index in [-0.39, 0.29) is 17.9 Å². The van der Waals surface area contributed by atoms with Crippen molar-refractivity contribution >= 4 is 27.3 Å². The van der Waals surface area contributed by atoms with Crippen LogP contribution in [0.1, 0.15) is 31.6 Å². The van der Waals surface area contributed by atoms with Crippen LogP contribution in [-0.2, 0) is 26.0 Å². The standard InChI is InChI=1S/C16H24N2O4S2/c1-16(2)12-22-10-9-18(16)14(19)11-13-5-6-15(23-13)24(20,21)17-7-3-4-8-17/h5-6H,3-4,7-12H2,1-2H3. The lowest BCUT2D eigenvalue weighted by molar-refractivity contribution is -0.145. The van der Waals surface area contributed by atoms with Crippen molar-refractivity contribution in [2.45, 2.75) is 42.9 Å². The van der Waals surface area contributed by atoms with Gasteiger partial charge in [-0.3, -0.25) is 4.79 Å². The summed E-state index contributed by atoms with van der Waals surface area (Å²) >= 11 is 1.21. The van der Waals surface area contributed by atoms with Crippen molar-refractivity contribution in [1.82, 2.24) is 9.21 Å². The molecule has 2 fully saturated rings. The highest BCUT2D eigenvalue weighted by Crippen LogP contribution is 2.28. The fourth-order valence-corrected chi connectivity index (χ4v) is 6.23. The van der Waals surface area contributed by atoms with Crippen LogP contribution < -0.4 is 0 Å². The molecule has 3 rings (SSSR count). The van der Waals surface area contributed by atoms with E-state index < -0.39 is 10.0 Å². The second kappa shape index (κ2) is 6.74. The van der Waals surface area contributed by atoms with Crippen LogP contribution in [0, 0.1) is 0 Å². The normalized spacial score (nSPS) is 22.0. The maximum Gasteiger partial charge on any atom is 0.252 e. The van der Waals surface area contributed by atoms with Gasteiger partial charge in [0.15, 0.2) is 0 Å². The van der Waals surface area contributed by atoms with E-state index in [0.717, 1.165) is 17.7 Å². The van der Waals surface area contributed by atoms with Gasteiger partial charge < -0.3 is 9.64 Å². The zero-order valence-electron chi connectivity index (χ0n) is 14.2. The molecule has 24 heavy (non-hydrogen) atoms. The van der Waals surface area contributed by atoms with Crippen LogP contribution >= 0.6 is 11.3 Å². The first-order valence-electron chi connectivity index (χ1n) is 8.28. The molecule has 1 aromatic heterocycles. The lowest BCUT2D eigenvalue weighted by Crippen LogP contribution is -2.55. The van der Waals surface area contributed by atoms with Gasteiger partial charge in [-0.25, -0.2) is 8.42 Å². The topological polar surface area (TPSA) is 66.9 Å². The summed E-state index contributed by atoms with van der Waals surface area (Å²) < 4.78 is 32.4. The second-order valence-corrected chi connectivity index (χ2v) is 10.3. The van der Waals surface area contributed by atoms with Crippen molar-refractivity contribution in [2.75, 3.05) is 32.8 Å². The molecule has 0 saturated carbocycles. The van der Waals surface area contributed by atoms with E-state index in [9.17, 15) is 13.2 Å². The number of carbonyl (C=O) groups excluding carboxylic acids is 1. The summed E-state index contributed by atoms with van der Waals surface area (Å²) in [6, 6.07) is 3.39. The van der Waals surface area contributed by atoms with Crippen molar-refractivity contribution in [3.63, 3.8) is 0 Å². The van der Waals surface area contributed by atoms with Crippen molar-refractivity contribution in [1.29, 1.82) is 0 Å². The van der Waals surface area contributed by atoms with Crippen molar-refractivity contribution in [3.8, 4) is 0 Å². The van der Waals surface area contributed by atoms with E-state index >= 15 is 0 Å². The monoisotopic (exact) mass is 372 g/mol. The summed E-state index contributed by atoms with van der Waals surface area (Å²) in [5.41, 5.74) is -0.322. The molecule has 0 unspecified atom stereocenters. The van der Waals surface area contributed by atoms with Gasteiger partial charge in [0.05, 0.1) is 25.2 Å². The number of ether oxygens (including phenoxy) is 1. The molecule has 8 heteroatoms. The smallest absolute Gasteiger partial charge is 0.252 e. The molecule has 1 amide bonds. The summed E-state index contributed by atoms with van der Waals surface area (Å²) in [5, 5.41) is 0. The first kappa shape index (κ1) is 17.8. The zero-order valence-corrected chi connectivity index (χ0v) is 15.8. The molecule has 1 aromatic rings. The average molecular weight is 373 g/mol. The largest absolute Gasteiger partial charge is 0.377 e. The Morgan fingerprint density at radius 2 is 1.96 bits per heavy atom. The third kappa shape index (κ3) is 3.51. The number of nitrogens with zero attached hydrogens (tertiary/aromatic N) is 2. The molecule has 0 aliphatic carbocycles. The third-order valence-corrected chi connectivity index (χ3v) is 8.02. The van der Waals surface area contributed by atoms with E-state index in [2.05, 4.69) is 0 Å². The Morgan fingerprint density at radius 1 is 1.25 bits per heavy atom. The average Bonchev–Trinajstić information content (AvgIpc) is 3.18. The Hall–Kier alpha value is -0.960.